The van der Waals surface area contributed by atoms with E-state index in [0.717, 1.165) is 7.11 Å². The summed E-state index contributed by atoms with van der Waals surface area (Å²) in [6.45, 7) is 6.45. The van der Waals surface area contributed by atoms with Gasteiger partial charge in [0, 0.05) is 61.5 Å². The zero-order valence-corrected chi connectivity index (χ0v) is 31.7. The number of nitrogens with two attached hydrogens (primary N) is 1. The molecule has 1 amide bonds. The zero-order chi connectivity index (χ0) is 41.2. The molecule has 1 saturated heterocycles. The Morgan fingerprint density at radius 2 is 1.70 bits per heavy atom. The van der Waals surface area contributed by atoms with Crippen molar-refractivity contribution in [3.63, 3.8) is 0 Å². The van der Waals surface area contributed by atoms with E-state index in [1.807, 2.05) is 0 Å². The van der Waals surface area contributed by atoms with E-state index in [4.69, 9.17) is 24.7 Å². The van der Waals surface area contributed by atoms with Crippen LogP contribution >= 0.6 is 0 Å². The number of aromatic hydroxyl groups is 2. The van der Waals surface area contributed by atoms with Crippen LogP contribution in [0.3, 0.4) is 0 Å². The van der Waals surface area contributed by atoms with Gasteiger partial charge in [0.25, 0.3) is 5.91 Å². The van der Waals surface area contributed by atoms with Crippen LogP contribution in [0.15, 0.2) is 65.0 Å². The van der Waals surface area contributed by atoms with Crippen LogP contribution in [0, 0.1) is 17.8 Å². The summed E-state index contributed by atoms with van der Waals surface area (Å²) in [6.07, 6.45) is -3.43. The number of phenols is 2. The largest absolute Gasteiger partial charge is 0.508 e. The average Bonchev–Trinajstić information content (AvgIpc) is 3.16. The highest BCUT2D eigenvalue weighted by Gasteiger charge is 2.67. The van der Waals surface area contributed by atoms with E-state index in [-0.39, 0.29) is 46.4 Å². The standard InChI is InChI=1S/C41H45NO14/c1-7-17(2)39(52)56-35-18(3)55-28(16-27(35)45)20-12-13-22-29(32(20)46)34(48)30-24(40(22,4)53-5)15-23-21(14-26(44)19-10-8-9-11-25(19)43)33(47)31(38(42)51)37(50)41(23,54-6)36(30)49/h7-13,18,21,23-24,27-28,35,43,45-46,48,50H,14-16H2,1-6H3,(H2,42,51). The number of amides is 1. The van der Waals surface area contributed by atoms with Crippen LogP contribution < -0.4 is 5.73 Å². The quantitative estimate of drug-likeness (QED) is 0.0921. The Morgan fingerprint density at radius 1 is 1.02 bits per heavy atom. The Kier molecular flexibility index (Phi) is 10.5. The summed E-state index contributed by atoms with van der Waals surface area (Å²) in [5.74, 6) is -11.3. The predicted octanol–water partition coefficient (Wildman–Crippen LogP) is 3.69. The molecule has 0 radical (unpaired) electrons. The molecule has 0 aromatic heterocycles. The van der Waals surface area contributed by atoms with Gasteiger partial charge in [0.05, 0.1) is 35.0 Å². The molecule has 2 aromatic rings. The molecule has 4 aliphatic rings. The van der Waals surface area contributed by atoms with E-state index in [1.54, 1.807) is 39.8 Å². The van der Waals surface area contributed by atoms with E-state index < -0.39 is 112 Å². The van der Waals surface area contributed by atoms with Gasteiger partial charge in [0.15, 0.2) is 23.3 Å². The van der Waals surface area contributed by atoms with Gasteiger partial charge >= 0.3 is 5.97 Å². The molecule has 15 nitrogen and oxygen atoms in total. The molecule has 0 bridgehead atoms. The molecular weight excluding hydrogens is 730 g/mol. The maximum Gasteiger partial charge on any atom is 0.333 e. The fourth-order valence-electron chi connectivity index (χ4n) is 8.93. The van der Waals surface area contributed by atoms with Crippen LogP contribution in [-0.2, 0) is 43.7 Å². The van der Waals surface area contributed by atoms with Crippen LogP contribution in [0.5, 0.6) is 11.5 Å². The van der Waals surface area contributed by atoms with Crippen molar-refractivity contribution < 1.29 is 68.5 Å². The number of ether oxygens (including phenoxy) is 4. The first-order valence-electron chi connectivity index (χ1n) is 18.1. The summed E-state index contributed by atoms with van der Waals surface area (Å²) in [5, 5.41) is 57.1. The summed E-state index contributed by atoms with van der Waals surface area (Å²) < 4.78 is 23.5. The average molecular weight is 776 g/mol. The van der Waals surface area contributed by atoms with Gasteiger partial charge < -0.3 is 50.2 Å². The molecule has 2 aromatic carbocycles. The van der Waals surface area contributed by atoms with E-state index in [0.29, 0.717) is 5.57 Å². The molecule has 1 saturated carbocycles. The lowest BCUT2D eigenvalue weighted by Gasteiger charge is -2.54. The minimum Gasteiger partial charge on any atom is -0.508 e. The minimum absolute atomic E-state index is 0.119. The fourth-order valence-corrected chi connectivity index (χ4v) is 8.93. The highest BCUT2D eigenvalue weighted by Crippen LogP contribution is 2.60. The van der Waals surface area contributed by atoms with Gasteiger partial charge in [0.2, 0.25) is 5.78 Å². The Labute approximate surface area is 322 Å². The number of hydrogen-bond acceptors (Lipinski definition) is 14. The van der Waals surface area contributed by atoms with Crippen molar-refractivity contribution in [1.29, 1.82) is 0 Å². The lowest BCUT2D eigenvalue weighted by molar-refractivity contribution is -0.191. The third-order valence-corrected chi connectivity index (χ3v) is 12.1. The first kappa shape index (κ1) is 40.3. The molecule has 3 aliphatic carbocycles. The highest BCUT2D eigenvalue weighted by molar-refractivity contribution is 6.24. The molecule has 7 N–H and O–H groups in total. The first-order chi connectivity index (χ1) is 26.4. The predicted molar refractivity (Wildman–Crippen MR) is 196 cm³/mol. The van der Waals surface area contributed by atoms with E-state index in [1.165, 1.54) is 37.4 Å². The smallest absolute Gasteiger partial charge is 0.333 e. The van der Waals surface area contributed by atoms with Gasteiger partial charge in [-0.1, -0.05) is 30.3 Å². The molecule has 0 spiro atoms. The molecule has 15 heteroatoms. The second-order valence-electron chi connectivity index (χ2n) is 14.8. The Morgan fingerprint density at radius 3 is 2.29 bits per heavy atom. The Bertz CT molecular complexity index is 2120. The second kappa shape index (κ2) is 14.6. The summed E-state index contributed by atoms with van der Waals surface area (Å²) in [4.78, 5) is 67.9. The third kappa shape index (κ3) is 5.92. The number of phenolic OH excluding ortho intramolecular Hbond substituents is 2. The SMILES string of the molecule is CC=C(C)C(=O)OC1C(O)CC(c2ccc3c(c2O)C(O)=C2C(=O)C4(OC)C(O)=C(C(N)=O)C(=O)C(CC(=O)c5ccccc5O)C4CC2C3(C)OC)OC1C. The van der Waals surface area contributed by atoms with Crippen molar-refractivity contribution in [2.75, 3.05) is 14.2 Å². The zero-order valence-electron chi connectivity index (χ0n) is 31.7. The number of Topliss-reactive ketones (excluding diaryl/α,β-unsaturated/α-hetero) is 3. The molecule has 2 fully saturated rings. The van der Waals surface area contributed by atoms with E-state index in [9.17, 15) is 44.7 Å². The second-order valence-corrected chi connectivity index (χ2v) is 14.8. The number of methoxy groups -OCH3 is 2. The Hall–Kier alpha value is -5.35. The lowest BCUT2D eigenvalue weighted by Crippen LogP contribution is -2.64. The van der Waals surface area contributed by atoms with Gasteiger partial charge in [0.1, 0.15) is 28.6 Å². The number of fused-ring (bicyclic) bond motifs is 3. The maximum atomic E-state index is 15.0. The number of primary amides is 1. The van der Waals surface area contributed by atoms with Crippen molar-refractivity contribution in [3.8, 4) is 11.5 Å². The topological polar surface area (TPSA) is 249 Å². The molecule has 9 atom stereocenters. The molecule has 298 valence electrons. The molecular formula is C41H45NO14. The normalized spacial score (nSPS) is 31.7. The van der Waals surface area contributed by atoms with Gasteiger partial charge in [-0.3, -0.25) is 19.2 Å². The summed E-state index contributed by atoms with van der Waals surface area (Å²) in [7, 11) is 2.42. The van der Waals surface area contributed by atoms with Gasteiger partial charge in [-0.15, -0.1) is 0 Å². The molecule has 1 heterocycles. The number of allylic oxidation sites excluding steroid dienone is 1. The molecule has 9 unspecified atom stereocenters. The van der Waals surface area contributed by atoms with Crippen molar-refractivity contribution in [2.24, 2.45) is 23.5 Å². The molecule has 6 rings (SSSR count). The van der Waals surface area contributed by atoms with Crippen LogP contribution in [0.1, 0.15) is 80.1 Å². The highest BCUT2D eigenvalue weighted by atomic mass is 16.6. The molecule has 1 aliphatic heterocycles. The Balaban J connectivity index is 1.47. The van der Waals surface area contributed by atoms with Crippen molar-refractivity contribution in [2.45, 2.75) is 82.6 Å². The number of para-hydroxylation sites is 1. The number of carbonyl (C=O) groups excluding carboxylic acids is 5. The number of aliphatic hydroxyl groups is 3. The van der Waals surface area contributed by atoms with Crippen molar-refractivity contribution in [3.05, 3.63) is 87.2 Å². The van der Waals surface area contributed by atoms with Crippen LogP contribution in [0.4, 0.5) is 0 Å². The van der Waals surface area contributed by atoms with Gasteiger partial charge in [-0.25, -0.2) is 4.79 Å². The van der Waals surface area contributed by atoms with Gasteiger partial charge in [-0.2, -0.15) is 0 Å². The number of hydrogen-bond donors (Lipinski definition) is 6. The first-order valence-corrected chi connectivity index (χ1v) is 18.1. The summed E-state index contributed by atoms with van der Waals surface area (Å²) in [6, 6.07) is 8.74. The number of rotatable bonds is 9. The van der Waals surface area contributed by atoms with Crippen LogP contribution in [-0.4, -0.2) is 92.9 Å². The maximum absolute atomic E-state index is 15.0. The number of ketones is 3. The number of benzene rings is 2. The third-order valence-electron chi connectivity index (χ3n) is 12.1. The number of esters is 1. The molecule has 56 heavy (non-hydrogen) atoms. The van der Waals surface area contributed by atoms with Crippen molar-refractivity contribution in [1.82, 2.24) is 0 Å². The number of carbonyl (C=O) groups is 5. The minimum atomic E-state index is -2.51. The van der Waals surface area contributed by atoms with Crippen molar-refractivity contribution >= 4 is 35.0 Å². The summed E-state index contributed by atoms with van der Waals surface area (Å²) in [5.41, 5.74) is 0.634. The van der Waals surface area contributed by atoms with E-state index in [2.05, 4.69) is 0 Å². The van der Waals surface area contributed by atoms with Gasteiger partial charge in [-0.05, 0) is 51.8 Å². The monoisotopic (exact) mass is 775 g/mol. The fraction of sp³-hybridized carbons (Fsp3) is 0.439. The van der Waals surface area contributed by atoms with Crippen LogP contribution in [0.2, 0.25) is 0 Å². The summed E-state index contributed by atoms with van der Waals surface area (Å²) >= 11 is 0. The lowest BCUT2D eigenvalue weighted by atomic mass is 9.52. The van der Waals surface area contributed by atoms with Crippen LogP contribution in [0.25, 0.3) is 5.76 Å². The van der Waals surface area contributed by atoms with E-state index >= 15 is 4.79 Å². The number of aliphatic hydroxyl groups excluding tert-OH is 3.